The number of carbonyl (C=O) groups is 2. The van der Waals surface area contributed by atoms with Crippen LogP contribution in [-0.4, -0.2) is 61.1 Å². The molecule has 2 fully saturated rings. The predicted molar refractivity (Wildman–Crippen MR) is 103 cm³/mol. The standard InChI is InChI=1S/C21H30N2O4/c1-3-27-21(25)19-10-4-5-13-23(19)20(24)15-22-12-7-11-18(22)16-8-6-9-17(14-16)26-2/h6,8-9,14,18-19H,3-5,7,10-13,15H2,1-2H3. The summed E-state index contributed by atoms with van der Waals surface area (Å²) in [6.07, 6.45) is 4.70. The van der Waals surface area contributed by atoms with Gasteiger partial charge in [-0.3, -0.25) is 9.69 Å². The van der Waals surface area contributed by atoms with Crippen molar-refractivity contribution in [3.05, 3.63) is 29.8 Å². The lowest BCUT2D eigenvalue weighted by Crippen LogP contribution is -2.51. The maximum absolute atomic E-state index is 13.0. The third-order valence-electron chi connectivity index (χ3n) is 5.56. The second kappa shape index (κ2) is 9.22. The maximum Gasteiger partial charge on any atom is 0.328 e. The third-order valence-corrected chi connectivity index (χ3v) is 5.56. The molecule has 0 radical (unpaired) electrons. The minimum atomic E-state index is -0.427. The van der Waals surface area contributed by atoms with Gasteiger partial charge in [-0.05, 0) is 63.3 Å². The van der Waals surface area contributed by atoms with E-state index in [9.17, 15) is 9.59 Å². The highest BCUT2D eigenvalue weighted by atomic mass is 16.5. The van der Waals surface area contributed by atoms with Gasteiger partial charge in [0.25, 0.3) is 0 Å². The number of piperidine rings is 1. The summed E-state index contributed by atoms with van der Waals surface area (Å²) in [5, 5.41) is 0. The number of nitrogens with zero attached hydrogens (tertiary/aromatic N) is 2. The molecule has 1 aromatic carbocycles. The first-order valence-electron chi connectivity index (χ1n) is 9.98. The van der Waals surface area contributed by atoms with Crippen LogP contribution in [0.2, 0.25) is 0 Å². The molecule has 6 heteroatoms. The van der Waals surface area contributed by atoms with Gasteiger partial charge < -0.3 is 14.4 Å². The van der Waals surface area contributed by atoms with Gasteiger partial charge in [0, 0.05) is 12.6 Å². The molecule has 2 aliphatic heterocycles. The molecule has 27 heavy (non-hydrogen) atoms. The zero-order valence-electron chi connectivity index (χ0n) is 16.4. The molecule has 0 aliphatic carbocycles. The second-order valence-corrected chi connectivity index (χ2v) is 7.26. The summed E-state index contributed by atoms with van der Waals surface area (Å²) in [6.45, 7) is 4.03. The number of carbonyl (C=O) groups excluding carboxylic acids is 2. The van der Waals surface area contributed by atoms with Crippen LogP contribution in [0.5, 0.6) is 5.75 Å². The highest BCUT2D eigenvalue weighted by molar-refractivity contribution is 5.86. The van der Waals surface area contributed by atoms with Crippen LogP contribution < -0.4 is 4.74 Å². The van der Waals surface area contributed by atoms with E-state index in [1.807, 2.05) is 12.1 Å². The van der Waals surface area contributed by atoms with Crippen LogP contribution in [0.15, 0.2) is 24.3 Å². The fourth-order valence-corrected chi connectivity index (χ4v) is 4.22. The Hall–Kier alpha value is -2.08. The molecule has 0 bridgehead atoms. The monoisotopic (exact) mass is 374 g/mol. The summed E-state index contributed by atoms with van der Waals surface area (Å²) < 4.78 is 10.5. The molecule has 1 amide bonds. The first-order chi connectivity index (χ1) is 13.1. The lowest BCUT2D eigenvalue weighted by molar-refractivity contribution is -0.157. The number of amides is 1. The molecule has 0 aromatic heterocycles. The molecule has 6 nitrogen and oxygen atoms in total. The topological polar surface area (TPSA) is 59.1 Å². The number of likely N-dealkylation sites (tertiary alicyclic amines) is 2. The number of esters is 1. The van der Waals surface area contributed by atoms with Crippen molar-refractivity contribution in [3.8, 4) is 5.75 Å². The van der Waals surface area contributed by atoms with Crippen molar-refractivity contribution in [2.24, 2.45) is 0 Å². The summed E-state index contributed by atoms with van der Waals surface area (Å²) in [7, 11) is 1.67. The van der Waals surface area contributed by atoms with Crippen LogP contribution in [0, 0.1) is 0 Å². The molecule has 0 N–H and O–H groups in total. The van der Waals surface area contributed by atoms with Crippen molar-refractivity contribution in [1.29, 1.82) is 0 Å². The highest BCUT2D eigenvalue weighted by Gasteiger charge is 2.35. The van der Waals surface area contributed by atoms with Gasteiger partial charge in [-0.25, -0.2) is 4.79 Å². The predicted octanol–water partition coefficient (Wildman–Crippen LogP) is 2.78. The summed E-state index contributed by atoms with van der Waals surface area (Å²) in [4.78, 5) is 29.3. The van der Waals surface area contributed by atoms with E-state index in [1.54, 1.807) is 18.9 Å². The first-order valence-corrected chi connectivity index (χ1v) is 9.98. The smallest absolute Gasteiger partial charge is 0.328 e. The summed E-state index contributed by atoms with van der Waals surface area (Å²) in [5.74, 6) is 0.600. The van der Waals surface area contributed by atoms with Crippen LogP contribution in [0.4, 0.5) is 0 Å². The van der Waals surface area contributed by atoms with Gasteiger partial charge in [0.05, 0.1) is 20.3 Å². The van der Waals surface area contributed by atoms with E-state index in [4.69, 9.17) is 9.47 Å². The van der Waals surface area contributed by atoms with E-state index >= 15 is 0 Å². The average Bonchev–Trinajstić information content (AvgIpc) is 3.16. The Bertz CT molecular complexity index is 663. The zero-order valence-corrected chi connectivity index (χ0v) is 16.4. The second-order valence-electron chi connectivity index (χ2n) is 7.26. The lowest BCUT2D eigenvalue weighted by Gasteiger charge is -2.36. The fourth-order valence-electron chi connectivity index (χ4n) is 4.22. The minimum Gasteiger partial charge on any atom is -0.497 e. The van der Waals surface area contributed by atoms with Crippen molar-refractivity contribution >= 4 is 11.9 Å². The fraction of sp³-hybridized carbons (Fsp3) is 0.619. The Balaban J connectivity index is 1.68. The third kappa shape index (κ3) is 4.61. The van der Waals surface area contributed by atoms with E-state index in [0.717, 1.165) is 38.0 Å². The van der Waals surface area contributed by atoms with Crippen molar-refractivity contribution in [1.82, 2.24) is 9.80 Å². The lowest BCUT2D eigenvalue weighted by atomic mass is 10.0. The highest BCUT2D eigenvalue weighted by Crippen LogP contribution is 2.33. The van der Waals surface area contributed by atoms with Gasteiger partial charge >= 0.3 is 5.97 Å². The quantitative estimate of drug-likeness (QED) is 0.717. The number of methoxy groups -OCH3 is 1. The van der Waals surface area contributed by atoms with E-state index in [2.05, 4.69) is 17.0 Å². The maximum atomic E-state index is 13.0. The summed E-state index contributed by atoms with van der Waals surface area (Å²) in [6, 6.07) is 7.87. The van der Waals surface area contributed by atoms with Crippen LogP contribution in [0.25, 0.3) is 0 Å². The van der Waals surface area contributed by atoms with Crippen molar-refractivity contribution in [2.75, 3.05) is 33.4 Å². The molecular weight excluding hydrogens is 344 g/mol. The number of rotatable bonds is 6. The molecule has 148 valence electrons. The molecule has 1 aromatic rings. The molecular formula is C21H30N2O4. The van der Waals surface area contributed by atoms with Crippen molar-refractivity contribution < 1.29 is 19.1 Å². The van der Waals surface area contributed by atoms with E-state index < -0.39 is 6.04 Å². The number of hydrogen-bond donors (Lipinski definition) is 0. The normalized spacial score (nSPS) is 23.3. The molecule has 2 aliphatic rings. The molecule has 2 saturated heterocycles. The minimum absolute atomic E-state index is 0.0301. The van der Waals surface area contributed by atoms with E-state index in [0.29, 0.717) is 26.1 Å². The Morgan fingerprint density at radius 1 is 1.15 bits per heavy atom. The van der Waals surface area contributed by atoms with Gasteiger partial charge in [-0.1, -0.05) is 12.1 Å². The molecule has 2 unspecified atom stereocenters. The molecule has 0 spiro atoms. The molecule has 2 atom stereocenters. The number of benzene rings is 1. The van der Waals surface area contributed by atoms with Crippen LogP contribution in [-0.2, 0) is 14.3 Å². The Kier molecular flexibility index (Phi) is 6.72. The molecule has 2 heterocycles. The largest absolute Gasteiger partial charge is 0.497 e. The molecule has 0 saturated carbocycles. The Labute approximate surface area is 161 Å². The number of ether oxygens (including phenoxy) is 2. The summed E-state index contributed by atoms with van der Waals surface area (Å²) >= 11 is 0. The summed E-state index contributed by atoms with van der Waals surface area (Å²) in [5.41, 5.74) is 1.18. The van der Waals surface area contributed by atoms with Gasteiger partial charge in [-0.2, -0.15) is 0 Å². The first kappa shape index (κ1) is 19.7. The Morgan fingerprint density at radius 3 is 2.78 bits per heavy atom. The van der Waals surface area contributed by atoms with Gasteiger partial charge in [0.2, 0.25) is 5.91 Å². The van der Waals surface area contributed by atoms with Crippen molar-refractivity contribution in [3.63, 3.8) is 0 Å². The van der Waals surface area contributed by atoms with E-state index in [-0.39, 0.29) is 17.9 Å². The molecule has 3 rings (SSSR count). The van der Waals surface area contributed by atoms with Gasteiger partial charge in [0.1, 0.15) is 11.8 Å². The van der Waals surface area contributed by atoms with Gasteiger partial charge in [-0.15, -0.1) is 0 Å². The van der Waals surface area contributed by atoms with Crippen molar-refractivity contribution in [2.45, 2.75) is 51.1 Å². The van der Waals surface area contributed by atoms with Crippen LogP contribution in [0.3, 0.4) is 0 Å². The zero-order chi connectivity index (χ0) is 19.2. The van der Waals surface area contributed by atoms with Crippen LogP contribution >= 0.6 is 0 Å². The van der Waals surface area contributed by atoms with Crippen LogP contribution in [0.1, 0.15) is 50.6 Å². The van der Waals surface area contributed by atoms with Gasteiger partial charge in [0.15, 0.2) is 0 Å². The Morgan fingerprint density at radius 2 is 2.00 bits per heavy atom. The number of hydrogen-bond acceptors (Lipinski definition) is 5. The SMILES string of the molecule is CCOC(=O)C1CCCCN1C(=O)CN1CCCC1c1cccc(OC)c1. The van der Waals surface area contributed by atoms with E-state index in [1.165, 1.54) is 5.56 Å². The average molecular weight is 374 g/mol.